The molecule has 6 nitrogen and oxygen atoms in total. The zero-order valence-electron chi connectivity index (χ0n) is 18.3. The quantitative estimate of drug-likeness (QED) is 0.338. The first kappa shape index (κ1) is 21.9. The molecule has 0 aliphatic carbocycles. The number of rotatable bonds is 6. The van der Waals surface area contributed by atoms with Gasteiger partial charge < -0.3 is 9.32 Å². The molecule has 1 aliphatic heterocycles. The molecular weight excluding hydrogens is 452 g/mol. The summed E-state index contributed by atoms with van der Waals surface area (Å²) in [5.74, 6) is 1.68. The summed E-state index contributed by atoms with van der Waals surface area (Å²) in [5.41, 5.74) is 2.13. The Morgan fingerprint density at radius 2 is 1.91 bits per heavy atom. The number of carbonyl (C=O) groups excluding carboxylic acids is 1. The monoisotopic (exact) mass is 476 g/mol. The fraction of sp³-hybridized carbons (Fsp3) is 0.240. The van der Waals surface area contributed by atoms with E-state index in [0.717, 1.165) is 29.1 Å². The summed E-state index contributed by atoms with van der Waals surface area (Å²) in [6.45, 7) is 3.53. The second kappa shape index (κ2) is 9.89. The Labute approximate surface area is 201 Å². The molecule has 0 saturated heterocycles. The third-order valence-corrected chi connectivity index (χ3v) is 7.70. The van der Waals surface area contributed by atoms with Gasteiger partial charge in [-0.15, -0.1) is 22.0 Å². The Morgan fingerprint density at radius 3 is 2.73 bits per heavy atom. The van der Waals surface area contributed by atoms with Gasteiger partial charge in [-0.3, -0.25) is 9.36 Å². The van der Waals surface area contributed by atoms with E-state index in [1.165, 1.54) is 11.8 Å². The van der Waals surface area contributed by atoms with Gasteiger partial charge in [-0.1, -0.05) is 61.2 Å². The number of furan rings is 1. The standard InChI is InChI=1S/C25H24N4O2S2/c1-18-13-14-28(20-10-5-6-12-22(20)33-18)23(30)17-32-25-27-26-24(21-11-7-15-31-21)29(25)16-19-8-3-2-4-9-19/h2-12,15,18H,13-14,16-17H2,1H3. The van der Waals surface area contributed by atoms with Gasteiger partial charge in [0.15, 0.2) is 10.9 Å². The normalized spacial score (nSPS) is 15.8. The highest BCUT2D eigenvalue weighted by Crippen LogP contribution is 2.37. The molecule has 0 saturated carbocycles. The van der Waals surface area contributed by atoms with Crippen LogP contribution in [0.1, 0.15) is 18.9 Å². The molecular formula is C25H24N4O2S2. The Hall–Kier alpha value is -2.97. The van der Waals surface area contributed by atoms with Gasteiger partial charge in [-0.2, -0.15) is 0 Å². The Morgan fingerprint density at radius 1 is 1.09 bits per heavy atom. The maximum absolute atomic E-state index is 13.3. The van der Waals surface area contributed by atoms with E-state index in [1.807, 2.05) is 69.8 Å². The van der Waals surface area contributed by atoms with Crippen molar-refractivity contribution in [2.24, 2.45) is 0 Å². The van der Waals surface area contributed by atoms with E-state index in [4.69, 9.17) is 4.42 Å². The topological polar surface area (TPSA) is 64.2 Å². The first-order chi connectivity index (χ1) is 16.2. The molecule has 1 amide bonds. The second-order valence-electron chi connectivity index (χ2n) is 7.87. The third kappa shape index (κ3) is 4.86. The maximum Gasteiger partial charge on any atom is 0.237 e. The van der Waals surface area contributed by atoms with Crippen LogP contribution < -0.4 is 4.90 Å². The molecule has 1 aliphatic rings. The van der Waals surface area contributed by atoms with Crippen LogP contribution in [0.3, 0.4) is 0 Å². The highest BCUT2D eigenvalue weighted by atomic mass is 32.2. The first-order valence-electron chi connectivity index (χ1n) is 10.9. The van der Waals surface area contributed by atoms with Crippen LogP contribution in [0.5, 0.6) is 0 Å². The molecule has 4 aromatic rings. The smallest absolute Gasteiger partial charge is 0.237 e. The number of nitrogens with zero attached hydrogens (tertiary/aromatic N) is 4. The second-order valence-corrected chi connectivity index (χ2v) is 10.3. The average molecular weight is 477 g/mol. The van der Waals surface area contributed by atoms with E-state index in [-0.39, 0.29) is 5.91 Å². The van der Waals surface area contributed by atoms with Crippen molar-refractivity contribution >= 4 is 35.1 Å². The van der Waals surface area contributed by atoms with E-state index in [1.54, 1.807) is 6.26 Å². The molecule has 1 atom stereocenters. The number of fused-ring (bicyclic) bond motifs is 1. The van der Waals surface area contributed by atoms with Crippen LogP contribution in [-0.4, -0.2) is 38.2 Å². The summed E-state index contributed by atoms with van der Waals surface area (Å²) >= 11 is 3.25. The predicted octanol–water partition coefficient (Wildman–Crippen LogP) is 5.60. The van der Waals surface area contributed by atoms with Crippen molar-refractivity contribution in [1.82, 2.24) is 14.8 Å². The third-order valence-electron chi connectivity index (χ3n) is 5.51. The van der Waals surface area contributed by atoms with Gasteiger partial charge in [-0.25, -0.2) is 0 Å². The van der Waals surface area contributed by atoms with E-state index >= 15 is 0 Å². The molecule has 168 valence electrons. The van der Waals surface area contributed by atoms with Crippen molar-refractivity contribution in [3.63, 3.8) is 0 Å². The average Bonchev–Trinajstić information content (AvgIpc) is 3.46. The molecule has 0 N–H and O–H groups in total. The number of hydrogen-bond acceptors (Lipinski definition) is 6. The van der Waals surface area contributed by atoms with Gasteiger partial charge in [0, 0.05) is 16.7 Å². The van der Waals surface area contributed by atoms with E-state index in [2.05, 4.69) is 35.3 Å². The lowest BCUT2D eigenvalue weighted by atomic mass is 10.2. The molecule has 5 rings (SSSR count). The van der Waals surface area contributed by atoms with Gasteiger partial charge >= 0.3 is 0 Å². The molecule has 3 heterocycles. The molecule has 8 heteroatoms. The fourth-order valence-electron chi connectivity index (χ4n) is 3.84. The van der Waals surface area contributed by atoms with Crippen molar-refractivity contribution < 1.29 is 9.21 Å². The van der Waals surface area contributed by atoms with Crippen LogP contribution in [0.2, 0.25) is 0 Å². The number of benzene rings is 2. The van der Waals surface area contributed by atoms with Crippen LogP contribution in [0.25, 0.3) is 11.6 Å². The number of anilines is 1. The van der Waals surface area contributed by atoms with Crippen LogP contribution in [0.4, 0.5) is 5.69 Å². The van der Waals surface area contributed by atoms with Crippen molar-refractivity contribution in [3.8, 4) is 11.6 Å². The summed E-state index contributed by atoms with van der Waals surface area (Å²) in [7, 11) is 0. The van der Waals surface area contributed by atoms with E-state index in [9.17, 15) is 4.79 Å². The fourth-order valence-corrected chi connectivity index (χ4v) is 5.77. The number of carbonyl (C=O) groups is 1. The van der Waals surface area contributed by atoms with Crippen LogP contribution in [0, 0.1) is 0 Å². The number of para-hydroxylation sites is 1. The van der Waals surface area contributed by atoms with Gasteiger partial charge in [0.05, 0.1) is 24.2 Å². The minimum atomic E-state index is 0.0796. The first-order valence-corrected chi connectivity index (χ1v) is 12.8. The molecule has 1 unspecified atom stereocenters. The highest BCUT2D eigenvalue weighted by molar-refractivity contribution is 8.00. The Kier molecular flexibility index (Phi) is 6.55. The lowest BCUT2D eigenvalue weighted by Gasteiger charge is -2.22. The summed E-state index contributed by atoms with van der Waals surface area (Å²) < 4.78 is 7.60. The number of aromatic nitrogens is 3. The van der Waals surface area contributed by atoms with Crippen molar-refractivity contribution in [2.45, 2.75) is 35.2 Å². The summed E-state index contributed by atoms with van der Waals surface area (Å²) in [5, 5.41) is 9.95. The molecule has 2 aromatic heterocycles. The summed E-state index contributed by atoms with van der Waals surface area (Å²) in [6.07, 6.45) is 2.59. The SMILES string of the molecule is CC1CCN(C(=O)CSc2nnc(-c3ccco3)n2Cc2ccccc2)c2ccccc2S1. The van der Waals surface area contributed by atoms with E-state index in [0.29, 0.717) is 34.3 Å². The van der Waals surface area contributed by atoms with Crippen molar-refractivity contribution in [3.05, 3.63) is 78.6 Å². The lowest BCUT2D eigenvalue weighted by molar-refractivity contribution is -0.116. The molecule has 0 radical (unpaired) electrons. The largest absolute Gasteiger partial charge is 0.461 e. The van der Waals surface area contributed by atoms with Gasteiger partial charge in [0.25, 0.3) is 0 Å². The molecule has 0 fully saturated rings. The van der Waals surface area contributed by atoms with Crippen LogP contribution >= 0.6 is 23.5 Å². The zero-order chi connectivity index (χ0) is 22.6. The van der Waals surface area contributed by atoms with Gasteiger partial charge in [0.2, 0.25) is 11.7 Å². The summed E-state index contributed by atoms with van der Waals surface area (Å²) in [6, 6.07) is 22.0. The Balaban J connectivity index is 1.38. The van der Waals surface area contributed by atoms with Crippen molar-refractivity contribution in [1.29, 1.82) is 0 Å². The number of hydrogen-bond donors (Lipinski definition) is 0. The number of thioether (sulfide) groups is 2. The zero-order valence-corrected chi connectivity index (χ0v) is 19.9. The molecule has 2 aromatic carbocycles. The predicted molar refractivity (Wildman–Crippen MR) is 133 cm³/mol. The van der Waals surface area contributed by atoms with Gasteiger partial charge in [0.1, 0.15) is 0 Å². The number of amides is 1. The minimum absolute atomic E-state index is 0.0796. The minimum Gasteiger partial charge on any atom is -0.461 e. The molecule has 0 bridgehead atoms. The molecule has 33 heavy (non-hydrogen) atoms. The van der Waals surface area contributed by atoms with Gasteiger partial charge in [-0.05, 0) is 36.2 Å². The van der Waals surface area contributed by atoms with Crippen molar-refractivity contribution in [2.75, 3.05) is 17.2 Å². The van der Waals surface area contributed by atoms with Crippen LogP contribution in [-0.2, 0) is 11.3 Å². The van der Waals surface area contributed by atoms with Crippen LogP contribution in [0.15, 0.2) is 87.5 Å². The Bertz CT molecular complexity index is 1220. The maximum atomic E-state index is 13.3. The lowest BCUT2D eigenvalue weighted by Crippen LogP contribution is -2.33. The molecule has 0 spiro atoms. The van der Waals surface area contributed by atoms with E-state index < -0.39 is 0 Å². The summed E-state index contributed by atoms with van der Waals surface area (Å²) in [4.78, 5) is 16.4. The highest BCUT2D eigenvalue weighted by Gasteiger charge is 2.25.